The molecule has 30 heavy (non-hydrogen) atoms. The van der Waals surface area contributed by atoms with E-state index >= 15 is 0 Å². The normalized spacial score (nSPS) is 12.7. The van der Waals surface area contributed by atoms with E-state index in [0.29, 0.717) is 16.9 Å². The number of hydrogen-bond acceptors (Lipinski definition) is 7. The zero-order chi connectivity index (χ0) is 21.9. The van der Waals surface area contributed by atoms with Crippen LogP contribution >= 0.6 is 15.9 Å². The molecule has 2 N–H and O–H groups in total. The Kier molecular flexibility index (Phi) is 6.84. The number of rotatable bonds is 8. The third-order valence-electron chi connectivity index (χ3n) is 4.48. The lowest BCUT2D eigenvalue weighted by atomic mass is 10.1. The van der Waals surface area contributed by atoms with Crippen LogP contribution in [0, 0.1) is 0 Å². The van der Waals surface area contributed by atoms with E-state index in [1.807, 2.05) is 18.2 Å². The molecule has 160 valence electrons. The van der Waals surface area contributed by atoms with Gasteiger partial charge >= 0.3 is 5.97 Å². The van der Waals surface area contributed by atoms with Gasteiger partial charge in [0.05, 0.1) is 23.8 Å². The topological polar surface area (TPSA) is 109 Å². The first-order valence-corrected chi connectivity index (χ1v) is 11.9. The number of ether oxygens (including phenoxy) is 2. The second-order valence-electron chi connectivity index (χ2n) is 6.80. The summed E-state index contributed by atoms with van der Waals surface area (Å²) in [5.74, 6) is -0.0202. The van der Waals surface area contributed by atoms with E-state index < -0.39 is 21.2 Å². The Morgan fingerprint density at radius 2 is 2.00 bits per heavy atom. The fraction of sp³-hybridized carbons (Fsp3) is 0.286. The molecule has 0 aliphatic carbocycles. The van der Waals surface area contributed by atoms with Crippen LogP contribution in [-0.2, 0) is 32.4 Å². The lowest BCUT2D eigenvalue weighted by molar-refractivity contribution is -0.142. The van der Waals surface area contributed by atoms with Crippen molar-refractivity contribution in [3.8, 4) is 5.75 Å². The van der Waals surface area contributed by atoms with E-state index in [-0.39, 0.29) is 19.6 Å². The number of carbonyl (C=O) groups is 1. The van der Waals surface area contributed by atoms with Crippen LogP contribution in [0.5, 0.6) is 5.75 Å². The van der Waals surface area contributed by atoms with Gasteiger partial charge in [0.2, 0.25) is 0 Å². The molecule has 1 heterocycles. The van der Waals surface area contributed by atoms with Crippen molar-refractivity contribution in [1.29, 1.82) is 0 Å². The van der Waals surface area contributed by atoms with Crippen LogP contribution in [-0.4, -0.2) is 27.2 Å². The van der Waals surface area contributed by atoms with Crippen LogP contribution in [0.2, 0.25) is 0 Å². The number of benzene rings is 2. The van der Waals surface area contributed by atoms with Crippen LogP contribution in [0.1, 0.15) is 29.0 Å². The van der Waals surface area contributed by atoms with Crippen LogP contribution in [0.25, 0.3) is 11.0 Å². The van der Waals surface area contributed by atoms with Crippen molar-refractivity contribution >= 4 is 42.7 Å². The predicted octanol–water partition coefficient (Wildman–Crippen LogP) is 3.88. The molecule has 1 atom stereocenters. The van der Waals surface area contributed by atoms with Crippen molar-refractivity contribution < 1.29 is 27.1 Å². The zero-order valence-electron chi connectivity index (χ0n) is 16.6. The quantitative estimate of drug-likeness (QED) is 0.472. The van der Waals surface area contributed by atoms with Crippen molar-refractivity contribution in [3.63, 3.8) is 0 Å². The lowest BCUT2D eigenvalue weighted by Gasteiger charge is -2.16. The predicted molar refractivity (Wildman–Crippen MR) is 117 cm³/mol. The number of sulfone groups is 1. The summed E-state index contributed by atoms with van der Waals surface area (Å²) < 4.78 is 40.9. The summed E-state index contributed by atoms with van der Waals surface area (Å²) in [4.78, 5) is 12.0. The van der Waals surface area contributed by atoms with Crippen molar-refractivity contribution in [2.24, 2.45) is 5.73 Å². The Morgan fingerprint density at radius 1 is 1.23 bits per heavy atom. The first-order valence-electron chi connectivity index (χ1n) is 9.20. The number of halogens is 1. The second-order valence-corrected chi connectivity index (χ2v) is 9.83. The van der Waals surface area contributed by atoms with Crippen molar-refractivity contribution in [3.05, 3.63) is 63.8 Å². The molecule has 9 heteroatoms. The molecule has 0 aliphatic heterocycles. The molecule has 2 aromatic carbocycles. The molecule has 0 amide bonds. The van der Waals surface area contributed by atoms with Gasteiger partial charge in [0.25, 0.3) is 0 Å². The van der Waals surface area contributed by atoms with E-state index in [9.17, 15) is 13.2 Å². The highest BCUT2D eigenvalue weighted by Crippen LogP contribution is 2.30. The fourth-order valence-corrected chi connectivity index (χ4v) is 4.24. The highest BCUT2D eigenvalue weighted by atomic mass is 79.9. The van der Waals surface area contributed by atoms with Gasteiger partial charge in [0.15, 0.2) is 9.84 Å². The molecule has 0 aliphatic rings. The maximum atomic E-state index is 12.0. The SMILES string of the molecule is CCOC(=O)Cc1ccc(C(N)S(C)(=O)=O)cc1OCc1cc(Br)c2occc2c1. The minimum atomic E-state index is -3.49. The summed E-state index contributed by atoms with van der Waals surface area (Å²) in [6.07, 6.45) is 2.68. The lowest BCUT2D eigenvalue weighted by Crippen LogP contribution is -2.20. The monoisotopic (exact) mass is 495 g/mol. The number of esters is 1. The third kappa shape index (κ3) is 5.21. The average Bonchev–Trinajstić information content (AvgIpc) is 3.15. The Morgan fingerprint density at radius 3 is 2.70 bits per heavy atom. The summed E-state index contributed by atoms with van der Waals surface area (Å²) in [6.45, 7) is 2.20. The molecule has 3 rings (SSSR count). The van der Waals surface area contributed by atoms with E-state index in [4.69, 9.17) is 19.6 Å². The molecular formula is C21H22BrNO6S. The van der Waals surface area contributed by atoms with Crippen LogP contribution < -0.4 is 10.5 Å². The molecule has 0 saturated carbocycles. The van der Waals surface area contributed by atoms with E-state index in [1.54, 1.807) is 31.4 Å². The minimum absolute atomic E-state index is 0.00201. The van der Waals surface area contributed by atoms with Gasteiger partial charge in [0, 0.05) is 17.2 Å². The molecule has 1 aromatic heterocycles. The Balaban J connectivity index is 1.90. The van der Waals surface area contributed by atoms with Crippen molar-refractivity contribution in [1.82, 2.24) is 0 Å². The average molecular weight is 496 g/mol. The molecule has 7 nitrogen and oxygen atoms in total. The van der Waals surface area contributed by atoms with Gasteiger partial charge in [-0.3, -0.25) is 4.79 Å². The number of fused-ring (bicyclic) bond motifs is 1. The minimum Gasteiger partial charge on any atom is -0.489 e. The Labute approximate surface area is 183 Å². The first kappa shape index (κ1) is 22.3. The van der Waals surface area contributed by atoms with E-state index in [0.717, 1.165) is 27.3 Å². The highest BCUT2D eigenvalue weighted by molar-refractivity contribution is 9.10. The summed E-state index contributed by atoms with van der Waals surface area (Å²) in [6, 6.07) is 10.4. The molecule has 0 radical (unpaired) electrons. The van der Waals surface area contributed by atoms with Crippen LogP contribution in [0.15, 0.2) is 51.6 Å². The molecular weight excluding hydrogens is 474 g/mol. The Hall–Kier alpha value is -2.36. The van der Waals surface area contributed by atoms with Gasteiger partial charge in [0.1, 0.15) is 23.3 Å². The Bertz CT molecular complexity index is 1170. The fourth-order valence-electron chi connectivity index (χ4n) is 2.98. The number of hydrogen-bond donors (Lipinski definition) is 1. The van der Waals surface area contributed by atoms with Crippen LogP contribution in [0.3, 0.4) is 0 Å². The smallest absolute Gasteiger partial charge is 0.310 e. The zero-order valence-corrected chi connectivity index (χ0v) is 19.0. The van der Waals surface area contributed by atoms with Gasteiger partial charge in [-0.1, -0.05) is 12.1 Å². The standard InChI is InChI=1S/C21H22BrNO6S/c1-3-27-19(24)11-14-4-5-16(21(23)30(2,25)26)10-18(14)29-12-13-8-15-6-7-28-20(15)17(22)9-13/h4-10,21H,3,11-12,23H2,1-2H3. The highest BCUT2D eigenvalue weighted by Gasteiger charge is 2.20. The molecule has 1 unspecified atom stereocenters. The third-order valence-corrected chi connectivity index (χ3v) is 6.26. The molecule has 0 fully saturated rings. The van der Waals surface area contributed by atoms with Gasteiger partial charge < -0.3 is 19.6 Å². The summed E-state index contributed by atoms with van der Waals surface area (Å²) in [5.41, 5.74) is 8.44. The van der Waals surface area contributed by atoms with Gasteiger partial charge in [-0.25, -0.2) is 8.42 Å². The molecule has 0 saturated heterocycles. The maximum absolute atomic E-state index is 12.0. The largest absolute Gasteiger partial charge is 0.489 e. The van der Waals surface area contributed by atoms with Gasteiger partial charge in [-0.2, -0.15) is 0 Å². The van der Waals surface area contributed by atoms with E-state index in [1.165, 1.54) is 0 Å². The number of furan rings is 1. The first-order chi connectivity index (χ1) is 14.2. The molecule has 0 spiro atoms. The summed E-state index contributed by atoms with van der Waals surface area (Å²) in [5, 5.41) is -0.268. The molecule has 0 bridgehead atoms. The van der Waals surface area contributed by atoms with Crippen molar-refractivity contribution in [2.75, 3.05) is 12.9 Å². The summed E-state index contributed by atoms with van der Waals surface area (Å²) in [7, 11) is -3.49. The van der Waals surface area contributed by atoms with Crippen molar-refractivity contribution in [2.45, 2.75) is 25.3 Å². The maximum Gasteiger partial charge on any atom is 0.310 e. The second kappa shape index (κ2) is 9.20. The van der Waals surface area contributed by atoms with Gasteiger partial charge in [-0.05, 0) is 58.2 Å². The van der Waals surface area contributed by atoms with Gasteiger partial charge in [-0.15, -0.1) is 0 Å². The number of carbonyl (C=O) groups excluding carboxylic acids is 1. The number of nitrogens with two attached hydrogens (primary N) is 1. The van der Waals surface area contributed by atoms with E-state index in [2.05, 4.69) is 15.9 Å². The molecule has 3 aromatic rings. The summed E-state index contributed by atoms with van der Waals surface area (Å²) >= 11 is 3.48. The van der Waals surface area contributed by atoms with Crippen LogP contribution in [0.4, 0.5) is 0 Å².